The van der Waals surface area contributed by atoms with Gasteiger partial charge in [0.05, 0.1) is 28.5 Å². The molecule has 1 saturated carbocycles. The van der Waals surface area contributed by atoms with Crippen molar-refractivity contribution in [1.29, 1.82) is 0 Å². The first kappa shape index (κ1) is 18.8. The van der Waals surface area contributed by atoms with Crippen LogP contribution in [0.1, 0.15) is 62.2 Å². The number of methoxy groups -OCH3 is 1. The fraction of sp³-hybridized carbons (Fsp3) is 0.526. The molecule has 4 nitrogen and oxygen atoms in total. The minimum absolute atomic E-state index is 0.137. The Labute approximate surface area is 151 Å². The lowest BCUT2D eigenvalue weighted by atomic mass is 9.83. The molecule has 0 N–H and O–H groups in total. The maximum Gasteiger partial charge on any atom is 0.339 e. The molecular formula is C19H24BrNO3. The van der Waals surface area contributed by atoms with Crippen molar-refractivity contribution in [2.24, 2.45) is 10.9 Å². The third kappa shape index (κ3) is 4.76. The van der Waals surface area contributed by atoms with Crippen LogP contribution in [0.3, 0.4) is 0 Å². The summed E-state index contributed by atoms with van der Waals surface area (Å²) in [6, 6.07) is 5.22. The Bertz CT molecular complexity index is 639. The van der Waals surface area contributed by atoms with Gasteiger partial charge in [0.15, 0.2) is 5.78 Å². The van der Waals surface area contributed by atoms with Gasteiger partial charge in [0.2, 0.25) is 0 Å². The molecule has 0 spiro atoms. The standard InChI is InChI=1S/C19H24BrNO3/c1-3-4-5-7-13-10-11-15(17(22)12-13)21-16-9-6-8-14(18(16)20)19(23)24-2/h6,8-9,13H,3-5,7,10-12H2,1-2H3. The van der Waals surface area contributed by atoms with E-state index in [9.17, 15) is 9.59 Å². The first-order valence-corrected chi connectivity index (χ1v) is 9.33. The summed E-state index contributed by atoms with van der Waals surface area (Å²) >= 11 is 3.40. The Balaban J connectivity index is 2.10. The van der Waals surface area contributed by atoms with Crippen LogP contribution >= 0.6 is 15.9 Å². The number of carbonyl (C=O) groups excluding carboxylic acids is 2. The van der Waals surface area contributed by atoms with E-state index in [4.69, 9.17) is 4.74 Å². The van der Waals surface area contributed by atoms with E-state index < -0.39 is 5.97 Å². The van der Waals surface area contributed by atoms with Crippen LogP contribution < -0.4 is 0 Å². The smallest absolute Gasteiger partial charge is 0.339 e. The molecule has 0 aromatic heterocycles. The van der Waals surface area contributed by atoms with Gasteiger partial charge < -0.3 is 4.74 Å². The van der Waals surface area contributed by atoms with Gasteiger partial charge in [-0.05, 0) is 53.2 Å². The predicted octanol–water partition coefficient (Wildman–Crippen LogP) is 5.26. The molecule has 0 amide bonds. The van der Waals surface area contributed by atoms with Gasteiger partial charge in [-0.3, -0.25) is 4.79 Å². The highest BCUT2D eigenvalue weighted by Crippen LogP contribution is 2.32. The second kappa shape index (κ2) is 9.11. The first-order chi connectivity index (χ1) is 11.6. The van der Waals surface area contributed by atoms with E-state index in [0.717, 1.165) is 12.8 Å². The average molecular weight is 394 g/mol. The largest absolute Gasteiger partial charge is 0.465 e. The number of carbonyl (C=O) groups is 2. The molecule has 2 rings (SSSR count). The molecule has 0 bridgehead atoms. The van der Waals surface area contributed by atoms with Crippen molar-refractivity contribution in [2.75, 3.05) is 7.11 Å². The molecule has 1 unspecified atom stereocenters. The highest BCUT2D eigenvalue weighted by Gasteiger charge is 2.25. The maximum atomic E-state index is 12.4. The fourth-order valence-corrected chi connectivity index (χ4v) is 3.54. The zero-order valence-corrected chi connectivity index (χ0v) is 15.9. The fourth-order valence-electron chi connectivity index (χ4n) is 3.03. The van der Waals surface area contributed by atoms with Crippen LogP contribution in [-0.4, -0.2) is 24.6 Å². The molecule has 24 heavy (non-hydrogen) atoms. The summed E-state index contributed by atoms with van der Waals surface area (Å²) in [4.78, 5) is 28.7. The highest BCUT2D eigenvalue weighted by molar-refractivity contribution is 9.10. The maximum absolute atomic E-state index is 12.4. The third-order valence-corrected chi connectivity index (χ3v) is 5.27. The third-order valence-electron chi connectivity index (χ3n) is 4.44. The number of rotatable bonds is 6. The number of unbranched alkanes of at least 4 members (excludes halogenated alkanes) is 2. The number of nitrogens with zero attached hydrogens (tertiary/aromatic N) is 1. The SMILES string of the molecule is CCCCCC1CCC(=Nc2cccc(C(=O)OC)c2Br)C(=O)C1. The van der Waals surface area contributed by atoms with Crippen molar-refractivity contribution in [2.45, 2.75) is 51.9 Å². The zero-order chi connectivity index (χ0) is 17.5. The summed E-state index contributed by atoms with van der Waals surface area (Å²) in [5.41, 5.74) is 1.63. The monoisotopic (exact) mass is 393 g/mol. The molecular weight excluding hydrogens is 370 g/mol. The van der Waals surface area contributed by atoms with Crippen molar-refractivity contribution in [1.82, 2.24) is 0 Å². The van der Waals surface area contributed by atoms with E-state index in [1.54, 1.807) is 18.2 Å². The summed E-state index contributed by atoms with van der Waals surface area (Å²) in [5, 5.41) is 0. The quantitative estimate of drug-likeness (QED) is 0.489. The molecule has 1 fully saturated rings. The minimum Gasteiger partial charge on any atom is -0.465 e. The molecule has 0 aliphatic heterocycles. The number of Topliss-reactive ketones (excluding diaryl/α,β-unsaturated/α-hetero) is 1. The Morgan fingerprint density at radius 2 is 2.17 bits per heavy atom. The number of ether oxygens (including phenoxy) is 1. The molecule has 1 aliphatic carbocycles. The minimum atomic E-state index is -0.421. The number of benzene rings is 1. The van der Waals surface area contributed by atoms with Crippen LogP contribution in [0.2, 0.25) is 0 Å². The van der Waals surface area contributed by atoms with Crippen molar-refractivity contribution >= 4 is 39.1 Å². The number of halogens is 1. The summed E-state index contributed by atoms with van der Waals surface area (Å²) in [5.74, 6) is 0.209. The zero-order valence-electron chi connectivity index (χ0n) is 14.3. The summed E-state index contributed by atoms with van der Waals surface area (Å²) in [6.07, 6.45) is 7.10. The van der Waals surface area contributed by atoms with Crippen molar-refractivity contribution < 1.29 is 14.3 Å². The second-order valence-electron chi connectivity index (χ2n) is 6.22. The Morgan fingerprint density at radius 3 is 2.83 bits per heavy atom. The number of ketones is 1. The normalized spacial score (nSPS) is 19.5. The van der Waals surface area contributed by atoms with Gasteiger partial charge >= 0.3 is 5.97 Å². The van der Waals surface area contributed by atoms with E-state index in [1.165, 1.54) is 26.4 Å². The lowest BCUT2D eigenvalue weighted by Gasteiger charge is -2.22. The van der Waals surface area contributed by atoms with Crippen LogP contribution in [0.5, 0.6) is 0 Å². The summed E-state index contributed by atoms with van der Waals surface area (Å²) < 4.78 is 5.33. The van der Waals surface area contributed by atoms with Crippen LogP contribution in [-0.2, 0) is 9.53 Å². The van der Waals surface area contributed by atoms with Crippen molar-refractivity contribution in [3.05, 3.63) is 28.2 Å². The highest BCUT2D eigenvalue weighted by atomic mass is 79.9. The van der Waals surface area contributed by atoms with Crippen molar-refractivity contribution in [3.63, 3.8) is 0 Å². The van der Waals surface area contributed by atoms with Gasteiger partial charge in [-0.15, -0.1) is 0 Å². The Morgan fingerprint density at radius 1 is 1.38 bits per heavy atom. The Hall–Kier alpha value is -1.49. The van der Waals surface area contributed by atoms with E-state index >= 15 is 0 Å². The molecule has 0 heterocycles. The number of hydrogen-bond donors (Lipinski definition) is 0. The number of aliphatic imine (C=N–C) groups is 1. The van der Waals surface area contributed by atoms with Crippen LogP contribution in [0.25, 0.3) is 0 Å². The topological polar surface area (TPSA) is 55.7 Å². The van der Waals surface area contributed by atoms with E-state index in [1.807, 2.05) is 0 Å². The molecule has 1 aromatic rings. The number of hydrogen-bond acceptors (Lipinski definition) is 4. The molecule has 130 valence electrons. The van der Waals surface area contributed by atoms with Crippen LogP contribution in [0.15, 0.2) is 27.7 Å². The molecule has 0 saturated heterocycles. The Kier molecular flexibility index (Phi) is 7.16. The van der Waals surface area contributed by atoms with E-state index in [0.29, 0.717) is 40.2 Å². The average Bonchev–Trinajstić information content (AvgIpc) is 2.58. The molecule has 1 aromatic carbocycles. The van der Waals surface area contributed by atoms with Gasteiger partial charge in [-0.2, -0.15) is 0 Å². The van der Waals surface area contributed by atoms with E-state index in [2.05, 4.69) is 27.8 Å². The lowest BCUT2D eigenvalue weighted by molar-refractivity contribution is -0.114. The van der Waals surface area contributed by atoms with Gasteiger partial charge in [0.1, 0.15) is 0 Å². The molecule has 0 radical (unpaired) electrons. The van der Waals surface area contributed by atoms with Crippen LogP contribution in [0, 0.1) is 5.92 Å². The summed E-state index contributed by atoms with van der Waals surface area (Å²) in [7, 11) is 1.34. The predicted molar refractivity (Wildman–Crippen MR) is 99.1 cm³/mol. The second-order valence-corrected chi connectivity index (χ2v) is 7.01. The van der Waals surface area contributed by atoms with Gasteiger partial charge in [-0.1, -0.05) is 32.3 Å². The lowest BCUT2D eigenvalue weighted by Crippen LogP contribution is -2.24. The summed E-state index contributed by atoms with van der Waals surface area (Å²) in [6.45, 7) is 2.19. The molecule has 1 atom stereocenters. The molecule has 5 heteroatoms. The van der Waals surface area contributed by atoms with Gasteiger partial charge in [0, 0.05) is 6.42 Å². The van der Waals surface area contributed by atoms with E-state index in [-0.39, 0.29) is 5.78 Å². The van der Waals surface area contributed by atoms with Gasteiger partial charge in [-0.25, -0.2) is 9.79 Å². The van der Waals surface area contributed by atoms with Gasteiger partial charge in [0.25, 0.3) is 0 Å². The van der Waals surface area contributed by atoms with Crippen molar-refractivity contribution in [3.8, 4) is 0 Å². The van der Waals surface area contributed by atoms with Crippen LogP contribution in [0.4, 0.5) is 5.69 Å². The molecule has 1 aliphatic rings. The first-order valence-electron chi connectivity index (χ1n) is 8.54. The number of esters is 1.